The summed E-state index contributed by atoms with van der Waals surface area (Å²) in [5.41, 5.74) is 9.59. The standard InChI is InChI=1S/C17H19BrN2/c18-15-7-6-14(17(19)10-15)12-20(16-8-9-16)11-13-4-2-1-3-5-13/h1-7,10,16H,8-9,11-12,19H2. The van der Waals surface area contributed by atoms with E-state index in [-0.39, 0.29) is 0 Å². The van der Waals surface area contributed by atoms with Crippen LogP contribution in [0.25, 0.3) is 0 Å². The third-order valence-corrected chi connectivity index (χ3v) is 4.27. The van der Waals surface area contributed by atoms with E-state index in [1.54, 1.807) is 0 Å². The minimum Gasteiger partial charge on any atom is -0.398 e. The van der Waals surface area contributed by atoms with Gasteiger partial charge >= 0.3 is 0 Å². The maximum Gasteiger partial charge on any atom is 0.0371 e. The lowest BCUT2D eigenvalue weighted by molar-refractivity contribution is 0.246. The van der Waals surface area contributed by atoms with Crippen molar-refractivity contribution < 1.29 is 0 Å². The van der Waals surface area contributed by atoms with Crippen LogP contribution in [0.1, 0.15) is 24.0 Å². The number of anilines is 1. The Bertz CT molecular complexity index is 579. The van der Waals surface area contributed by atoms with Gasteiger partial charge < -0.3 is 5.73 Å². The summed E-state index contributed by atoms with van der Waals surface area (Å²) in [6.45, 7) is 1.93. The van der Waals surface area contributed by atoms with Crippen LogP contribution < -0.4 is 5.73 Å². The average Bonchev–Trinajstić information content (AvgIpc) is 3.26. The molecule has 0 aromatic heterocycles. The molecule has 2 aromatic rings. The first-order chi connectivity index (χ1) is 9.72. The van der Waals surface area contributed by atoms with E-state index < -0.39 is 0 Å². The van der Waals surface area contributed by atoms with Crippen LogP contribution in [0.15, 0.2) is 53.0 Å². The van der Waals surface area contributed by atoms with E-state index in [1.165, 1.54) is 24.0 Å². The molecule has 1 aliphatic rings. The van der Waals surface area contributed by atoms with Gasteiger partial charge in [0, 0.05) is 29.3 Å². The van der Waals surface area contributed by atoms with Gasteiger partial charge in [0.2, 0.25) is 0 Å². The zero-order valence-electron chi connectivity index (χ0n) is 11.4. The molecule has 1 fully saturated rings. The number of nitrogens with two attached hydrogens (primary N) is 1. The molecule has 0 unspecified atom stereocenters. The largest absolute Gasteiger partial charge is 0.398 e. The molecule has 104 valence electrons. The van der Waals surface area contributed by atoms with Crippen molar-refractivity contribution in [1.29, 1.82) is 0 Å². The zero-order chi connectivity index (χ0) is 13.9. The van der Waals surface area contributed by atoms with Crippen molar-refractivity contribution in [2.45, 2.75) is 32.0 Å². The van der Waals surface area contributed by atoms with Crippen LogP contribution in [0.5, 0.6) is 0 Å². The van der Waals surface area contributed by atoms with Gasteiger partial charge in [-0.25, -0.2) is 0 Å². The normalized spacial score (nSPS) is 14.7. The molecule has 0 radical (unpaired) electrons. The molecule has 3 heteroatoms. The van der Waals surface area contributed by atoms with Gasteiger partial charge in [-0.15, -0.1) is 0 Å². The van der Waals surface area contributed by atoms with Gasteiger partial charge in [0.1, 0.15) is 0 Å². The molecule has 1 aliphatic carbocycles. The fraction of sp³-hybridized carbons (Fsp3) is 0.294. The van der Waals surface area contributed by atoms with Crippen molar-refractivity contribution >= 4 is 21.6 Å². The highest BCUT2D eigenvalue weighted by Crippen LogP contribution is 2.31. The van der Waals surface area contributed by atoms with Crippen molar-refractivity contribution in [1.82, 2.24) is 4.90 Å². The number of halogens is 1. The first-order valence-corrected chi connectivity index (χ1v) is 7.83. The SMILES string of the molecule is Nc1cc(Br)ccc1CN(Cc1ccccc1)C1CC1. The predicted octanol–water partition coefficient (Wildman–Crippen LogP) is 4.20. The molecule has 0 aliphatic heterocycles. The second-order valence-electron chi connectivity index (χ2n) is 5.46. The van der Waals surface area contributed by atoms with Crippen molar-refractivity contribution in [3.63, 3.8) is 0 Å². The fourth-order valence-corrected chi connectivity index (χ4v) is 2.88. The van der Waals surface area contributed by atoms with Crippen LogP contribution in [0.3, 0.4) is 0 Å². The van der Waals surface area contributed by atoms with E-state index in [9.17, 15) is 0 Å². The van der Waals surface area contributed by atoms with Gasteiger partial charge in [-0.2, -0.15) is 0 Å². The lowest BCUT2D eigenvalue weighted by Gasteiger charge is -2.23. The molecule has 1 saturated carbocycles. The molecule has 0 bridgehead atoms. The summed E-state index contributed by atoms with van der Waals surface area (Å²) in [4.78, 5) is 2.54. The first kappa shape index (κ1) is 13.7. The molecule has 0 atom stereocenters. The van der Waals surface area contributed by atoms with Crippen LogP contribution in [0, 0.1) is 0 Å². The fourth-order valence-electron chi connectivity index (χ4n) is 2.50. The number of rotatable bonds is 5. The molecule has 2 aromatic carbocycles. The van der Waals surface area contributed by atoms with Gasteiger partial charge in [0.25, 0.3) is 0 Å². The number of nitrogen functional groups attached to an aromatic ring is 1. The average molecular weight is 331 g/mol. The summed E-state index contributed by atoms with van der Waals surface area (Å²) in [6.07, 6.45) is 2.62. The van der Waals surface area contributed by atoms with Crippen molar-refractivity contribution in [2.24, 2.45) is 0 Å². The molecule has 0 amide bonds. The number of nitrogens with zero attached hydrogens (tertiary/aromatic N) is 1. The maximum absolute atomic E-state index is 6.13. The van der Waals surface area contributed by atoms with E-state index in [4.69, 9.17) is 5.73 Å². The molecule has 0 saturated heterocycles. The third-order valence-electron chi connectivity index (χ3n) is 3.77. The van der Waals surface area contributed by atoms with Gasteiger partial charge in [0.05, 0.1) is 0 Å². The highest BCUT2D eigenvalue weighted by Gasteiger charge is 2.29. The van der Waals surface area contributed by atoms with Crippen molar-refractivity contribution in [3.05, 3.63) is 64.1 Å². The minimum atomic E-state index is 0.721. The second-order valence-corrected chi connectivity index (χ2v) is 6.38. The van der Waals surface area contributed by atoms with Crippen LogP contribution in [-0.2, 0) is 13.1 Å². The highest BCUT2D eigenvalue weighted by atomic mass is 79.9. The number of benzene rings is 2. The summed E-state index contributed by atoms with van der Waals surface area (Å²) in [6, 6.07) is 17.6. The Morgan fingerprint density at radius 3 is 2.45 bits per heavy atom. The van der Waals surface area contributed by atoms with E-state index >= 15 is 0 Å². The molecule has 2 N–H and O–H groups in total. The molecular formula is C17H19BrN2. The topological polar surface area (TPSA) is 29.3 Å². The van der Waals surface area contributed by atoms with Crippen LogP contribution in [-0.4, -0.2) is 10.9 Å². The Kier molecular flexibility index (Phi) is 4.08. The minimum absolute atomic E-state index is 0.721. The second kappa shape index (κ2) is 5.98. The number of hydrogen-bond donors (Lipinski definition) is 1. The highest BCUT2D eigenvalue weighted by molar-refractivity contribution is 9.10. The lowest BCUT2D eigenvalue weighted by atomic mass is 10.1. The maximum atomic E-state index is 6.13. The quantitative estimate of drug-likeness (QED) is 0.832. The lowest BCUT2D eigenvalue weighted by Crippen LogP contribution is -2.25. The van der Waals surface area contributed by atoms with E-state index in [2.05, 4.69) is 63.3 Å². The van der Waals surface area contributed by atoms with E-state index in [0.717, 1.165) is 29.3 Å². The van der Waals surface area contributed by atoms with E-state index in [1.807, 2.05) is 6.07 Å². The third kappa shape index (κ3) is 3.41. The van der Waals surface area contributed by atoms with Crippen molar-refractivity contribution in [2.75, 3.05) is 5.73 Å². The summed E-state index contributed by atoms with van der Waals surface area (Å²) < 4.78 is 1.04. The molecule has 0 heterocycles. The molecular weight excluding hydrogens is 312 g/mol. The summed E-state index contributed by atoms with van der Waals surface area (Å²) in [5, 5.41) is 0. The Morgan fingerprint density at radius 2 is 1.80 bits per heavy atom. The first-order valence-electron chi connectivity index (χ1n) is 7.04. The monoisotopic (exact) mass is 330 g/mol. The Labute approximate surface area is 128 Å². The molecule has 0 spiro atoms. The van der Waals surface area contributed by atoms with Gasteiger partial charge in [-0.3, -0.25) is 4.90 Å². The predicted molar refractivity (Wildman–Crippen MR) is 87.3 cm³/mol. The zero-order valence-corrected chi connectivity index (χ0v) is 13.0. The molecule has 20 heavy (non-hydrogen) atoms. The summed E-state index contributed by atoms with van der Waals surface area (Å²) in [7, 11) is 0. The van der Waals surface area contributed by atoms with E-state index in [0.29, 0.717) is 0 Å². The summed E-state index contributed by atoms with van der Waals surface area (Å²) in [5.74, 6) is 0. The summed E-state index contributed by atoms with van der Waals surface area (Å²) >= 11 is 3.46. The van der Waals surface area contributed by atoms with Crippen LogP contribution >= 0.6 is 15.9 Å². The van der Waals surface area contributed by atoms with Gasteiger partial charge in [-0.05, 0) is 36.1 Å². The Morgan fingerprint density at radius 1 is 1.05 bits per heavy atom. The Balaban J connectivity index is 1.74. The number of hydrogen-bond acceptors (Lipinski definition) is 2. The van der Waals surface area contributed by atoms with Crippen LogP contribution in [0.4, 0.5) is 5.69 Å². The smallest absolute Gasteiger partial charge is 0.0371 e. The van der Waals surface area contributed by atoms with Gasteiger partial charge in [-0.1, -0.05) is 52.3 Å². The van der Waals surface area contributed by atoms with Crippen LogP contribution in [0.2, 0.25) is 0 Å². The Hall–Kier alpha value is -1.32. The molecule has 3 rings (SSSR count). The molecule has 2 nitrogen and oxygen atoms in total. The van der Waals surface area contributed by atoms with Crippen molar-refractivity contribution in [3.8, 4) is 0 Å². The van der Waals surface area contributed by atoms with Gasteiger partial charge in [0.15, 0.2) is 0 Å².